The minimum absolute atomic E-state index is 0.0273. The molecule has 27 heavy (non-hydrogen) atoms. The van der Waals surface area contributed by atoms with Crippen LogP contribution in [0.5, 0.6) is 0 Å². The topological polar surface area (TPSA) is 88.3 Å². The quantitative estimate of drug-likeness (QED) is 0.747. The highest BCUT2D eigenvalue weighted by atomic mass is 35.5. The van der Waals surface area contributed by atoms with Crippen molar-refractivity contribution in [3.63, 3.8) is 0 Å². The minimum atomic E-state index is -0.492. The Morgan fingerprint density at radius 3 is 2.63 bits per heavy atom. The molecule has 8 heteroatoms. The molecule has 2 aromatic carbocycles. The van der Waals surface area contributed by atoms with Gasteiger partial charge in [0.05, 0.1) is 16.5 Å². The second-order valence-electron chi connectivity index (χ2n) is 6.12. The Labute approximate surface area is 160 Å². The predicted molar refractivity (Wildman–Crippen MR) is 100 cm³/mol. The molecule has 7 nitrogen and oxygen atoms in total. The summed E-state index contributed by atoms with van der Waals surface area (Å²) in [5.74, 6) is -0.711. The summed E-state index contributed by atoms with van der Waals surface area (Å²) in [6.45, 7) is 0.306. The van der Waals surface area contributed by atoms with Gasteiger partial charge in [0, 0.05) is 18.7 Å². The number of hydrogen-bond donors (Lipinski definition) is 1. The number of para-hydroxylation sites is 1. The zero-order chi connectivity index (χ0) is 18.8. The van der Waals surface area contributed by atoms with Gasteiger partial charge in [0.25, 0.3) is 5.89 Å². The number of nitrogens with zero attached hydrogens (tertiary/aromatic N) is 3. The normalized spacial score (nSPS) is 16.6. The van der Waals surface area contributed by atoms with Crippen LogP contribution in [0.1, 0.15) is 6.42 Å². The van der Waals surface area contributed by atoms with Gasteiger partial charge in [-0.1, -0.05) is 47.0 Å². The molecule has 1 unspecified atom stereocenters. The first-order valence-electron chi connectivity index (χ1n) is 8.36. The number of anilines is 2. The average Bonchev–Trinajstić information content (AvgIpc) is 3.29. The number of amides is 2. The summed E-state index contributed by atoms with van der Waals surface area (Å²) in [5, 5.41) is 10.8. The van der Waals surface area contributed by atoms with Crippen LogP contribution in [0.3, 0.4) is 0 Å². The first-order chi connectivity index (χ1) is 13.1. The van der Waals surface area contributed by atoms with E-state index in [1.165, 1.54) is 0 Å². The number of aromatic nitrogens is 2. The monoisotopic (exact) mass is 382 g/mol. The van der Waals surface area contributed by atoms with Crippen molar-refractivity contribution in [1.29, 1.82) is 0 Å². The van der Waals surface area contributed by atoms with Crippen LogP contribution in [0.2, 0.25) is 5.02 Å². The highest BCUT2D eigenvalue weighted by molar-refractivity contribution is 6.33. The van der Waals surface area contributed by atoms with Crippen molar-refractivity contribution < 1.29 is 14.0 Å². The van der Waals surface area contributed by atoms with Crippen LogP contribution in [0.25, 0.3) is 11.5 Å². The highest BCUT2D eigenvalue weighted by Gasteiger charge is 2.35. The summed E-state index contributed by atoms with van der Waals surface area (Å²) in [4.78, 5) is 26.4. The number of carbonyl (C=O) groups excluding carboxylic acids is 2. The van der Waals surface area contributed by atoms with Crippen molar-refractivity contribution in [2.24, 2.45) is 5.92 Å². The van der Waals surface area contributed by atoms with E-state index < -0.39 is 5.92 Å². The molecule has 4 rings (SSSR count). The Kier molecular flexibility index (Phi) is 4.60. The molecule has 0 aliphatic carbocycles. The molecule has 2 amide bonds. The van der Waals surface area contributed by atoms with E-state index in [-0.39, 0.29) is 30.1 Å². The second kappa shape index (κ2) is 7.20. The third-order valence-electron chi connectivity index (χ3n) is 4.32. The first kappa shape index (κ1) is 17.2. The molecule has 1 atom stereocenters. The van der Waals surface area contributed by atoms with Gasteiger partial charge in [-0.3, -0.25) is 14.9 Å². The van der Waals surface area contributed by atoms with Gasteiger partial charge in [0.15, 0.2) is 0 Å². The van der Waals surface area contributed by atoms with Crippen molar-refractivity contribution >= 4 is 35.1 Å². The van der Waals surface area contributed by atoms with Gasteiger partial charge in [0.1, 0.15) is 0 Å². The molecule has 1 aromatic heterocycles. The lowest BCUT2D eigenvalue weighted by Gasteiger charge is -2.16. The van der Waals surface area contributed by atoms with E-state index in [0.717, 1.165) is 5.69 Å². The number of hydrogen-bond acceptors (Lipinski definition) is 5. The Hall–Kier alpha value is -3.19. The van der Waals surface area contributed by atoms with Crippen molar-refractivity contribution in [3.05, 3.63) is 59.6 Å². The predicted octanol–water partition coefficient (Wildman–Crippen LogP) is 3.38. The lowest BCUT2D eigenvalue weighted by atomic mass is 10.1. The number of nitrogens with one attached hydrogen (secondary N) is 1. The molecule has 0 spiro atoms. The fourth-order valence-electron chi connectivity index (χ4n) is 2.97. The van der Waals surface area contributed by atoms with Crippen LogP contribution in [-0.4, -0.2) is 28.6 Å². The summed E-state index contributed by atoms with van der Waals surface area (Å²) in [6.07, 6.45) is 0.131. The minimum Gasteiger partial charge on any atom is -0.403 e. The van der Waals surface area contributed by atoms with E-state index in [1.54, 1.807) is 29.2 Å². The molecule has 1 aliphatic rings. The summed E-state index contributed by atoms with van der Waals surface area (Å²) in [7, 11) is 0. The maximum absolute atomic E-state index is 12.5. The molecular formula is C19H15ClN4O3. The van der Waals surface area contributed by atoms with Gasteiger partial charge in [-0.2, -0.15) is 0 Å². The molecule has 0 saturated carbocycles. The number of halogens is 1. The number of benzene rings is 2. The SMILES string of the molecule is O=C(Nc1nnc(-c2ccccc2Cl)o1)C1CC(=O)N(c2ccccc2)C1. The van der Waals surface area contributed by atoms with Gasteiger partial charge in [-0.05, 0) is 24.3 Å². The molecule has 1 N–H and O–H groups in total. The van der Waals surface area contributed by atoms with E-state index in [0.29, 0.717) is 17.1 Å². The van der Waals surface area contributed by atoms with E-state index in [2.05, 4.69) is 15.5 Å². The van der Waals surface area contributed by atoms with Crippen molar-refractivity contribution in [2.45, 2.75) is 6.42 Å². The third-order valence-corrected chi connectivity index (χ3v) is 4.65. The molecule has 3 aromatic rings. The van der Waals surface area contributed by atoms with Gasteiger partial charge < -0.3 is 9.32 Å². The van der Waals surface area contributed by atoms with Crippen LogP contribution in [0.4, 0.5) is 11.7 Å². The fraction of sp³-hybridized carbons (Fsp3) is 0.158. The zero-order valence-corrected chi connectivity index (χ0v) is 14.9. The third kappa shape index (κ3) is 3.54. The highest BCUT2D eigenvalue weighted by Crippen LogP contribution is 2.28. The maximum Gasteiger partial charge on any atom is 0.322 e. The first-order valence-corrected chi connectivity index (χ1v) is 8.74. The molecule has 1 saturated heterocycles. The molecule has 1 fully saturated rings. The molecule has 136 valence electrons. The van der Waals surface area contributed by atoms with E-state index >= 15 is 0 Å². The number of carbonyl (C=O) groups is 2. The van der Waals surface area contributed by atoms with Gasteiger partial charge in [-0.15, -0.1) is 5.10 Å². The van der Waals surface area contributed by atoms with E-state index in [9.17, 15) is 9.59 Å². The lowest BCUT2D eigenvalue weighted by Crippen LogP contribution is -2.28. The second-order valence-corrected chi connectivity index (χ2v) is 6.53. The molecule has 1 aliphatic heterocycles. The Bertz CT molecular complexity index is 989. The van der Waals surface area contributed by atoms with E-state index in [4.69, 9.17) is 16.0 Å². The number of rotatable bonds is 4. The smallest absolute Gasteiger partial charge is 0.322 e. The standard InChI is InChI=1S/C19H15ClN4O3/c20-15-9-5-4-8-14(15)18-22-23-19(27-18)21-17(26)12-10-16(25)24(11-12)13-6-2-1-3-7-13/h1-9,12H,10-11H2,(H,21,23,26). The van der Waals surface area contributed by atoms with Gasteiger partial charge >= 0.3 is 6.01 Å². The maximum atomic E-state index is 12.5. The zero-order valence-electron chi connectivity index (χ0n) is 14.1. The Morgan fingerprint density at radius 1 is 1.11 bits per heavy atom. The molecular weight excluding hydrogens is 368 g/mol. The fourth-order valence-corrected chi connectivity index (χ4v) is 3.18. The molecule has 0 bridgehead atoms. The van der Waals surface area contributed by atoms with Crippen molar-refractivity contribution in [3.8, 4) is 11.5 Å². The van der Waals surface area contributed by atoms with Gasteiger partial charge in [0.2, 0.25) is 11.8 Å². The molecule has 0 radical (unpaired) electrons. The van der Waals surface area contributed by atoms with Crippen LogP contribution in [0.15, 0.2) is 59.0 Å². The van der Waals surface area contributed by atoms with E-state index in [1.807, 2.05) is 30.3 Å². The molecule has 2 heterocycles. The van der Waals surface area contributed by atoms with Crippen LogP contribution >= 0.6 is 11.6 Å². The van der Waals surface area contributed by atoms with Crippen molar-refractivity contribution in [2.75, 3.05) is 16.8 Å². The summed E-state index contributed by atoms with van der Waals surface area (Å²) >= 11 is 6.11. The van der Waals surface area contributed by atoms with Crippen LogP contribution in [0, 0.1) is 5.92 Å². The lowest BCUT2D eigenvalue weighted by molar-refractivity contribution is -0.122. The average molecular weight is 383 g/mol. The Balaban J connectivity index is 1.44. The van der Waals surface area contributed by atoms with Crippen LogP contribution in [-0.2, 0) is 9.59 Å². The summed E-state index contributed by atoms with van der Waals surface area (Å²) < 4.78 is 5.48. The Morgan fingerprint density at radius 2 is 1.85 bits per heavy atom. The largest absolute Gasteiger partial charge is 0.403 e. The van der Waals surface area contributed by atoms with Crippen LogP contribution < -0.4 is 10.2 Å². The van der Waals surface area contributed by atoms with Crippen molar-refractivity contribution in [1.82, 2.24) is 10.2 Å². The van der Waals surface area contributed by atoms with Gasteiger partial charge in [-0.25, -0.2) is 0 Å². The summed E-state index contributed by atoms with van der Waals surface area (Å²) in [6, 6.07) is 16.3. The summed E-state index contributed by atoms with van der Waals surface area (Å²) in [5.41, 5.74) is 1.36.